The number of carbonyl (C=O) groups is 2. The molecule has 2 heterocycles. The lowest BCUT2D eigenvalue weighted by atomic mass is 10.1. The minimum absolute atomic E-state index is 0.0193. The lowest BCUT2D eigenvalue weighted by Crippen LogP contribution is -2.28. The van der Waals surface area contributed by atoms with E-state index in [4.69, 9.17) is 16.3 Å². The van der Waals surface area contributed by atoms with Crippen LogP contribution in [0, 0.1) is 0 Å². The number of para-hydroxylation sites is 1. The number of aliphatic hydroxyl groups excluding tert-OH is 1. The van der Waals surface area contributed by atoms with Crippen molar-refractivity contribution in [2.24, 2.45) is 0 Å². The van der Waals surface area contributed by atoms with Crippen molar-refractivity contribution in [1.29, 1.82) is 0 Å². The SMILES string of the molecule is C=CC(=O)Nc1cc(Nc2ncc(Cl)c(Nc3ccccc3C(O)C(=O)N(C)C)n2)ccc1OC1CCN(C)C1. The van der Waals surface area contributed by atoms with Crippen LogP contribution in [0.5, 0.6) is 5.75 Å². The molecular formula is C28H32ClN7O4. The number of hydrogen-bond donors (Lipinski definition) is 4. The van der Waals surface area contributed by atoms with Crippen LogP contribution in [0.2, 0.25) is 5.02 Å². The molecule has 4 rings (SSSR count). The quantitative estimate of drug-likeness (QED) is 0.270. The molecule has 0 aliphatic carbocycles. The Morgan fingerprint density at radius 1 is 1.23 bits per heavy atom. The topological polar surface area (TPSA) is 132 Å². The number of likely N-dealkylation sites (tertiary alicyclic amines) is 1. The first-order chi connectivity index (χ1) is 19.1. The first kappa shape index (κ1) is 28.8. The van der Waals surface area contributed by atoms with Gasteiger partial charge in [-0.1, -0.05) is 36.4 Å². The second-order valence-electron chi connectivity index (χ2n) is 9.56. The van der Waals surface area contributed by atoms with Gasteiger partial charge in [0.05, 0.1) is 11.9 Å². The summed E-state index contributed by atoms with van der Waals surface area (Å²) in [6.07, 6.45) is 2.16. The largest absolute Gasteiger partial charge is 0.487 e. The molecule has 2 amide bonds. The van der Waals surface area contributed by atoms with E-state index < -0.39 is 12.0 Å². The summed E-state index contributed by atoms with van der Waals surface area (Å²) in [7, 11) is 5.18. The molecule has 0 bridgehead atoms. The minimum atomic E-state index is -1.37. The van der Waals surface area contributed by atoms with Crippen molar-refractivity contribution >= 4 is 52.2 Å². The third-order valence-corrected chi connectivity index (χ3v) is 6.52. The zero-order valence-corrected chi connectivity index (χ0v) is 23.3. The molecule has 1 aliphatic heterocycles. The lowest BCUT2D eigenvalue weighted by molar-refractivity contribution is -0.137. The van der Waals surface area contributed by atoms with Gasteiger partial charge in [-0.2, -0.15) is 4.98 Å². The van der Waals surface area contributed by atoms with Gasteiger partial charge in [0.2, 0.25) is 11.9 Å². The van der Waals surface area contributed by atoms with Gasteiger partial charge in [0, 0.05) is 44.1 Å². The summed E-state index contributed by atoms with van der Waals surface area (Å²) in [5, 5.41) is 19.8. The molecule has 1 aromatic heterocycles. The molecule has 1 saturated heterocycles. The number of benzene rings is 2. The number of rotatable bonds is 10. The van der Waals surface area contributed by atoms with Crippen molar-refractivity contribution in [2.75, 3.05) is 50.2 Å². The van der Waals surface area contributed by atoms with E-state index in [9.17, 15) is 14.7 Å². The Bertz CT molecular complexity index is 1400. The van der Waals surface area contributed by atoms with Crippen LogP contribution in [0.3, 0.4) is 0 Å². The Hall–Kier alpha value is -4.19. The van der Waals surface area contributed by atoms with E-state index in [1.165, 1.54) is 17.2 Å². The van der Waals surface area contributed by atoms with E-state index in [1.54, 1.807) is 56.6 Å². The Balaban J connectivity index is 1.57. The molecule has 1 aliphatic rings. The highest BCUT2D eigenvalue weighted by atomic mass is 35.5. The van der Waals surface area contributed by atoms with Crippen molar-refractivity contribution in [2.45, 2.75) is 18.6 Å². The van der Waals surface area contributed by atoms with Crippen molar-refractivity contribution < 1.29 is 19.4 Å². The zero-order chi connectivity index (χ0) is 28.8. The molecular weight excluding hydrogens is 534 g/mol. The smallest absolute Gasteiger partial charge is 0.255 e. The highest BCUT2D eigenvalue weighted by molar-refractivity contribution is 6.33. The van der Waals surface area contributed by atoms with E-state index in [0.717, 1.165) is 19.5 Å². The van der Waals surface area contributed by atoms with Crippen LogP contribution in [-0.4, -0.2) is 77.0 Å². The average Bonchev–Trinajstić information content (AvgIpc) is 3.35. The summed E-state index contributed by atoms with van der Waals surface area (Å²) in [4.78, 5) is 36.7. The number of halogens is 1. The maximum atomic E-state index is 12.4. The number of carbonyl (C=O) groups excluding carboxylic acids is 2. The fourth-order valence-corrected chi connectivity index (χ4v) is 4.30. The second kappa shape index (κ2) is 12.8. The number of hydrogen-bond acceptors (Lipinski definition) is 9. The highest BCUT2D eigenvalue weighted by Crippen LogP contribution is 2.33. The van der Waals surface area contributed by atoms with Crippen LogP contribution in [-0.2, 0) is 9.59 Å². The number of likely N-dealkylation sites (N-methyl/N-ethyl adjacent to an activating group) is 2. The van der Waals surface area contributed by atoms with Crippen LogP contribution >= 0.6 is 11.6 Å². The van der Waals surface area contributed by atoms with Crippen molar-refractivity contribution in [1.82, 2.24) is 19.8 Å². The Morgan fingerprint density at radius 3 is 2.70 bits per heavy atom. The van der Waals surface area contributed by atoms with Crippen LogP contribution in [0.25, 0.3) is 0 Å². The molecule has 1 fully saturated rings. The van der Waals surface area contributed by atoms with Crippen LogP contribution in [0.15, 0.2) is 61.3 Å². The molecule has 0 radical (unpaired) electrons. The number of aliphatic hydroxyl groups is 1. The van der Waals surface area contributed by atoms with Gasteiger partial charge in [-0.05, 0) is 43.8 Å². The van der Waals surface area contributed by atoms with E-state index in [-0.39, 0.29) is 28.8 Å². The average molecular weight is 566 g/mol. The van der Waals surface area contributed by atoms with Gasteiger partial charge in [-0.25, -0.2) is 4.98 Å². The molecule has 2 atom stereocenters. The fourth-order valence-electron chi connectivity index (χ4n) is 4.16. The number of amides is 2. The Kier molecular flexibility index (Phi) is 9.20. The molecule has 3 aromatic rings. The summed E-state index contributed by atoms with van der Waals surface area (Å²) >= 11 is 6.37. The summed E-state index contributed by atoms with van der Waals surface area (Å²) in [5.74, 6) is 0.205. The summed E-state index contributed by atoms with van der Waals surface area (Å²) in [6, 6.07) is 12.1. The third kappa shape index (κ3) is 7.06. The number of nitrogens with zero attached hydrogens (tertiary/aromatic N) is 4. The van der Waals surface area contributed by atoms with Gasteiger partial charge >= 0.3 is 0 Å². The number of nitrogens with one attached hydrogen (secondary N) is 3. The number of ether oxygens (including phenoxy) is 1. The summed E-state index contributed by atoms with van der Waals surface area (Å²) in [5.41, 5.74) is 1.91. The van der Waals surface area contributed by atoms with Gasteiger partial charge in [0.25, 0.3) is 5.91 Å². The maximum Gasteiger partial charge on any atom is 0.255 e. The molecule has 0 spiro atoms. The maximum absolute atomic E-state index is 12.4. The Labute approximate surface area is 237 Å². The first-order valence-electron chi connectivity index (χ1n) is 12.6. The first-order valence-corrected chi connectivity index (χ1v) is 13.0. The highest BCUT2D eigenvalue weighted by Gasteiger charge is 2.24. The van der Waals surface area contributed by atoms with Gasteiger partial charge in [-0.15, -0.1) is 0 Å². The van der Waals surface area contributed by atoms with E-state index in [0.29, 0.717) is 28.4 Å². The van der Waals surface area contributed by atoms with Crippen molar-refractivity contribution in [3.05, 3.63) is 71.9 Å². The van der Waals surface area contributed by atoms with Gasteiger partial charge < -0.3 is 35.6 Å². The summed E-state index contributed by atoms with van der Waals surface area (Å²) in [6.45, 7) is 5.27. The predicted octanol–water partition coefficient (Wildman–Crippen LogP) is 3.95. The van der Waals surface area contributed by atoms with Gasteiger partial charge in [0.1, 0.15) is 16.9 Å². The standard InChI is InChI=1S/C28H32ClN7O4/c1-5-24(37)32-22-14-17(10-11-23(22)40-18-12-13-36(4)16-18)31-28-30-15-20(29)26(34-28)33-21-9-7-6-8-19(21)25(38)27(39)35(2)3/h5-11,14-15,18,25,38H,1,12-13,16H2,2-4H3,(H,32,37)(H2,30,31,33,34). The van der Waals surface area contributed by atoms with Crippen LogP contribution in [0.1, 0.15) is 18.1 Å². The molecule has 4 N–H and O–H groups in total. The third-order valence-electron chi connectivity index (χ3n) is 6.25. The molecule has 2 aromatic carbocycles. The van der Waals surface area contributed by atoms with Gasteiger partial charge in [-0.3, -0.25) is 9.59 Å². The van der Waals surface area contributed by atoms with Crippen molar-refractivity contribution in [3.8, 4) is 5.75 Å². The lowest BCUT2D eigenvalue weighted by Gasteiger charge is -2.20. The molecule has 210 valence electrons. The minimum Gasteiger partial charge on any atom is -0.487 e. The number of anilines is 5. The van der Waals surface area contributed by atoms with Gasteiger partial charge in [0.15, 0.2) is 11.9 Å². The number of aromatic nitrogens is 2. The van der Waals surface area contributed by atoms with Crippen LogP contribution in [0.4, 0.5) is 28.8 Å². The molecule has 12 heteroatoms. The molecule has 40 heavy (non-hydrogen) atoms. The van der Waals surface area contributed by atoms with E-state index >= 15 is 0 Å². The second-order valence-corrected chi connectivity index (χ2v) is 9.96. The summed E-state index contributed by atoms with van der Waals surface area (Å²) < 4.78 is 6.17. The predicted molar refractivity (Wildman–Crippen MR) is 156 cm³/mol. The van der Waals surface area contributed by atoms with E-state index in [2.05, 4.69) is 37.4 Å². The van der Waals surface area contributed by atoms with Crippen LogP contribution < -0.4 is 20.7 Å². The fraction of sp³-hybridized carbons (Fsp3) is 0.286. The van der Waals surface area contributed by atoms with E-state index in [1.807, 2.05) is 7.05 Å². The molecule has 11 nitrogen and oxygen atoms in total. The molecule has 2 unspecified atom stereocenters. The van der Waals surface area contributed by atoms with Crippen molar-refractivity contribution in [3.63, 3.8) is 0 Å². The molecule has 0 saturated carbocycles. The Morgan fingerprint density at radius 2 is 2.00 bits per heavy atom. The normalized spacial score (nSPS) is 15.7. The zero-order valence-electron chi connectivity index (χ0n) is 22.5. The monoisotopic (exact) mass is 565 g/mol.